The summed E-state index contributed by atoms with van der Waals surface area (Å²) in [6.07, 6.45) is 5.89. The lowest BCUT2D eigenvalue weighted by molar-refractivity contribution is -0.136. The number of nitrogens with zero attached hydrogens (tertiary/aromatic N) is 4. The summed E-state index contributed by atoms with van der Waals surface area (Å²) in [5.41, 5.74) is 2.12. The highest BCUT2D eigenvalue weighted by molar-refractivity contribution is 7.89. The molecule has 6 rings (SSSR count). The zero-order chi connectivity index (χ0) is 29.4. The minimum absolute atomic E-state index is 0.00557. The number of thiazole rings is 1. The lowest BCUT2D eigenvalue weighted by Gasteiger charge is -2.41. The molecule has 1 aromatic carbocycles. The number of terminal acetylenes is 1. The number of methoxy groups -OCH3 is 1. The Labute approximate surface area is 248 Å². The Balaban J connectivity index is 1.26. The third kappa shape index (κ3) is 5.56. The third-order valence-corrected chi connectivity index (χ3v) is 10.8. The van der Waals surface area contributed by atoms with Crippen LogP contribution in [0.25, 0.3) is 10.9 Å². The number of aromatic nitrogens is 2. The Kier molecular flexibility index (Phi) is 8.05. The molecular formula is C28H32N6O6S2. The minimum atomic E-state index is -3.95. The highest BCUT2D eigenvalue weighted by Crippen LogP contribution is 2.29. The van der Waals surface area contributed by atoms with Gasteiger partial charge in [0.25, 0.3) is 15.9 Å². The molecule has 2 unspecified atom stereocenters. The number of sulfonamides is 1. The average Bonchev–Trinajstić information content (AvgIpc) is 3.65. The van der Waals surface area contributed by atoms with Crippen molar-refractivity contribution < 1.29 is 27.5 Å². The summed E-state index contributed by atoms with van der Waals surface area (Å²) in [7, 11) is -2.33. The van der Waals surface area contributed by atoms with Crippen molar-refractivity contribution in [3.8, 4) is 12.3 Å². The molecule has 2 N–H and O–H groups in total. The maximum absolute atomic E-state index is 13.8. The second-order valence-electron chi connectivity index (χ2n) is 10.5. The standard InChI is InChI=1S/C28H32N6O6S2/c1-3-18-4-5-21-19(12-18)13-25(30-21)42(37,38)33-6-7-34(20(17-33)14-26(35)32-8-10-40-11-9-32)28(36)27-31-22-15-24(39-2)29-16-23(22)41-27/h1,4-5,12-13,20,24,29-30H,6-11,14-17H2,2H3. The second kappa shape index (κ2) is 11.8. The number of nitrogens with one attached hydrogen (secondary N) is 2. The van der Waals surface area contributed by atoms with Crippen LogP contribution in [0.5, 0.6) is 0 Å². The number of ether oxygens (including phenoxy) is 2. The first-order valence-corrected chi connectivity index (χ1v) is 16.0. The molecule has 5 heterocycles. The summed E-state index contributed by atoms with van der Waals surface area (Å²) in [5.74, 6) is 2.12. The van der Waals surface area contributed by atoms with Crippen LogP contribution in [0.3, 0.4) is 0 Å². The van der Waals surface area contributed by atoms with Gasteiger partial charge in [0, 0.05) is 80.6 Å². The van der Waals surface area contributed by atoms with E-state index in [1.165, 1.54) is 15.6 Å². The van der Waals surface area contributed by atoms with Crippen LogP contribution in [0.4, 0.5) is 0 Å². The number of amides is 2. The molecule has 42 heavy (non-hydrogen) atoms. The molecule has 0 spiro atoms. The number of aromatic amines is 1. The summed E-state index contributed by atoms with van der Waals surface area (Å²) in [6.45, 7) is 2.56. The summed E-state index contributed by atoms with van der Waals surface area (Å²) in [4.78, 5) is 39.1. The van der Waals surface area contributed by atoms with Crippen molar-refractivity contribution in [1.82, 2.24) is 29.4 Å². The lowest BCUT2D eigenvalue weighted by atomic mass is 10.1. The number of benzene rings is 1. The number of carbonyl (C=O) groups is 2. The fourth-order valence-corrected chi connectivity index (χ4v) is 8.10. The second-order valence-corrected chi connectivity index (χ2v) is 13.5. The smallest absolute Gasteiger partial charge is 0.283 e. The Morgan fingerprint density at radius 3 is 2.79 bits per heavy atom. The topological polar surface area (TPSA) is 137 Å². The minimum Gasteiger partial charge on any atom is -0.378 e. The number of rotatable bonds is 6. The van der Waals surface area contributed by atoms with Crippen LogP contribution in [0.15, 0.2) is 29.3 Å². The van der Waals surface area contributed by atoms with Gasteiger partial charge in [0.2, 0.25) is 5.91 Å². The molecule has 0 radical (unpaired) electrons. The van der Waals surface area contributed by atoms with Crippen LogP contribution >= 0.6 is 11.3 Å². The normalized spacial score (nSPS) is 21.7. The molecule has 2 aromatic heterocycles. The van der Waals surface area contributed by atoms with Gasteiger partial charge in [0.15, 0.2) is 5.01 Å². The zero-order valence-corrected chi connectivity index (χ0v) is 24.8. The lowest BCUT2D eigenvalue weighted by Crippen LogP contribution is -2.58. The van der Waals surface area contributed by atoms with Gasteiger partial charge in [-0.3, -0.25) is 14.9 Å². The van der Waals surface area contributed by atoms with Crippen LogP contribution in [-0.2, 0) is 37.3 Å². The molecule has 12 nitrogen and oxygen atoms in total. The summed E-state index contributed by atoms with van der Waals surface area (Å²) < 4.78 is 39.7. The van der Waals surface area contributed by atoms with Crippen molar-refractivity contribution in [3.63, 3.8) is 0 Å². The molecule has 0 aliphatic carbocycles. The van der Waals surface area contributed by atoms with E-state index in [4.69, 9.17) is 15.9 Å². The van der Waals surface area contributed by atoms with E-state index >= 15 is 0 Å². The molecule has 2 fully saturated rings. The quantitative estimate of drug-likeness (QED) is 0.394. The van der Waals surface area contributed by atoms with Crippen LogP contribution in [0, 0.1) is 12.3 Å². The Hall–Kier alpha value is -3.32. The van der Waals surface area contributed by atoms with Gasteiger partial charge in [-0.15, -0.1) is 17.8 Å². The molecule has 0 bridgehead atoms. The first-order valence-electron chi connectivity index (χ1n) is 13.8. The molecule has 14 heteroatoms. The zero-order valence-electron chi connectivity index (χ0n) is 23.2. The Bertz CT molecular complexity index is 1650. The van der Waals surface area contributed by atoms with E-state index in [9.17, 15) is 18.0 Å². The third-order valence-electron chi connectivity index (χ3n) is 7.98. The van der Waals surface area contributed by atoms with Crippen molar-refractivity contribution in [2.24, 2.45) is 0 Å². The molecule has 3 aromatic rings. The molecule has 2 amide bonds. The van der Waals surface area contributed by atoms with Crippen molar-refractivity contribution in [2.45, 2.75) is 36.7 Å². The van der Waals surface area contributed by atoms with Crippen molar-refractivity contribution >= 4 is 44.1 Å². The van der Waals surface area contributed by atoms with E-state index in [2.05, 4.69) is 21.2 Å². The molecule has 2 atom stereocenters. The molecule has 3 aliphatic heterocycles. The first-order chi connectivity index (χ1) is 20.3. The van der Waals surface area contributed by atoms with E-state index in [0.29, 0.717) is 60.7 Å². The van der Waals surface area contributed by atoms with Crippen molar-refractivity contribution in [3.05, 3.63) is 45.4 Å². The largest absolute Gasteiger partial charge is 0.378 e. The van der Waals surface area contributed by atoms with Gasteiger partial charge < -0.3 is 24.3 Å². The first kappa shape index (κ1) is 28.8. The molecule has 0 saturated carbocycles. The van der Waals surface area contributed by atoms with E-state index in [1.54, 1.807) is 41.2 Å². The highest BCUT2D eigenvalue weighted by Gasteiger charge is 2.40. The summed E-state index contributed by atoms with van der Waals surface area (Å²) in [5, 5.41) is 4.32. The predicted molar refractivity (Wildman–Crippen MR) is 155 cm³/mol. The molecule has 2 saturated heterocycles. The number of hydrogen-bond acceptors (Lipinski definition) is 9. The summed E-state index contributed by atoms with van der Waals surface area (Å²) >= 11 is 1.32. The van der Waals surface area contributed by atoms with Crippen LogP contribution < -0.4 is 5.32 Å². The molecule has 3 aliphatic rings. The van der Waals surface area contributed by atoms with E-state index in [-0.39, 0.29) is 49.1 Å². The van der Waals surface area contributed by atoms with E-state index in [0.717, 1.165) is 10.6 Å². The van der Waals surface area contributed by atoms with Gasteiger partial charge in [-0.05, 0) is 24.3 Å². The molecule has 222 valence electrons. The van der Waals surface area contributed by atoms with Crippen LogP contribution in [0.1, 0.15) is 32.4 Å². The maximum Gasteiger partial charge on any atom is 0.283 e. The Morgan fingerprint density at radius 2 is 2.02 bits per heavy atom. The maximum atomic E-state index is 13.8. The van der Waals surface area contributed by atoms with Gasteiger partial charge in [0.1, 0.15) is 11.3 Å². The monoisotopic (exact) mass is 612 g/mol. The number of hydrogen-bond donors (Lipinski definition) is 2. The number of morpholine rings is 1. The highest BCUT2D eigenvalue weighted by atomic mass is 32.2. The molecular weight excluding hydrogens is 580 g/mol. The Morgan fingerprint density at radius 1 is 1.21 bits per heavy atom. The van der Waals surface area contributed by atoms with Crippen molar-refractivity contribution in [2.75, 3.05) is 53.0 Å². The van der Waals surface area contributed by atoms with E-state index in [1.807, 2.05) is 0 Å². The number of fused-ring (bicyclic) bond motifs is 2. The van der Waals surface area contributed by atoms with Crippen molar-refractivity contribution in [1.29, 1.82) is 0 Å². The van der Waals surface area contributed by atoms with Gasteiger partial charge in [-0.2, -0.15) is 4.31 Å². The van der Waals surface area contributed by atoms with Gasteiger partial charge in [0.05, 0.1) is 24.9 Å². The fraction of sp³-hybridized carbons (Fsp3) is 0.464. The van der Waals surface area contributed by atoms with Gasteiger partial charge in [-0.25, -0.2) is 13.4 Å². The number of H-pyrrole nitrogens is 1. The summed E-state index contributed by atoms with van der Waals surface area (Å²) in [6, 6.07) is 6.15. The van der Waals surface area contributed by atoms with Crippen LogP contribution in [0.2, 0.25) is 0 Å². The van der Waals surface area contributed by atoms with Gasteiger partial charge >= 0.3 is 0 Å². The average molecular weight is 613 g/mol. The predicted octanol–water partition coefficient (Wildman–Crippen LogP) is 0.988. The number of piperazine rings is 1. The number of carbonyl (C=O) groups excluding carboxylic acids is 2. The SMILES string of the molecule is C#Cc1ccc2[nH]c(S(=O)(=O)N3CCN(C(=O)c4nc5c(s4)CNC(OC)C5)C(CC(=O)N4CCOCC4)C3)cc2c1. The van der Waals surface area contributed by atoms with E-state index < -0.39 is 16.1 Å². The van der Waals surface area contributed by atoms with Gasteiger partial charge in [-0.1, -0.05) is 5.92 Å². The van der Waals surface area contributed by atoms with Crippen LogP contribution in [-0.4, -0.2) is 110 Å². The fourth-order valence-electron chi connectivity index (χ4n) is 5.62.